The first-order valence-corrected chi connectivity index (χ1v) is 9.40. The Morgan fingerprint density at radius 2 is 1.61 bits per heavy atom. The van der Waals surface area contributed by atoms with E-state index in [1.807, 2.05) is 0 Å². The number of nitrogens with zero attached hydrogens (tertiary/aromatic N) is 1. The lowest BCUT2D eigenvalue weighted by Crippen LogP contribution is -2.58. The Hall–Kier alpha value is -0.160. The van der Waals surface area contributed by atoms with Crippen molar-refractivity contribution in [2.45, 2.75) is 104 Å². The molecule has 1 spiro atoms. The number of hydrogen-bond donors (Lipinski definition) is 1. The Morgan fingerprint density at radius 1 is 1.00 bits per heavy atom. The molecule has 3 aliphatic rings. The van der Waals surface area contributed by atoms with Crippen LogP contribution in [0.5, 0.6) is 0 Å². The molecule has 3 rings (SSSR count). The van der Waals surface area contributed by atoms with Crippen LogP contribution >= 0.6 is 0 Å². The Morgan fingerprint density at radius 3 is 2.09 bits per heavy atom. The molecule has 0 radical (unpaired) electrons. The van der Waals surface area contributed by atoms with Gasteiger partial charge in [0.05, 0.1) is 18.1 Å². The molecule has 134 valence electrons. The molecule has 0 aromatic carbocycles. The summed E-state index contributed by atoms with van der Waals surface area (Å²) >= 11 is 0. The van der Waals surface area contributed by atoms with Crippen molar-refractivity contribution in [1.82, 2.24) is 10.4 Å². The monoisotopic (exact) mass is 324 g/mol. The van der Waals surface area contributed by atoms with E-state index in [2.05, 4.69) is 58.8 Å². The highest BCUT2D eigenvalue weighted by Gasteiger charge is 2.68. The fourth-order valence-electron chi connectivity index (χ4n) is 4.78. The number of hydrogen-bond acceptors (Lipinski definition) is 4. The maximum absolute atomic E-state index is 6.59. The van der Waals surface area contributed by atoms with Crippen molar-refractivity contribution in [3.05, 3.63) is 0 Å². The second-order valence-corrected chi connectivity index (χ2v) is 10.1. The molecule has 2 atom stereocenters. The van der Waals surface area contributed by atoms with E-state index < -0.39 is 5.91 Å². The average molecular weight is 325 g/mol. The van der Waals surface area contributed by atoms with Crippen molar-refractivity contribution in [2.75, 3.05) is 6.61 Å². The largest absolute Gasteiger partial charge is 0.334 e. The van der Waals surface area contributed by atoms with E-state index in [-0.39, 0.29) is 16.5 Å². The number of hydroxylamine groups is 2. The predicted molar refractivity (Wildman–Crippen MR) is 92.7 cm³/mol. The molecular formula is C19H36N2O2. The molecule has 1 N–H and O–H groups in total. The molecule has 23 heavy (non-hydrogen) atoms. The van der Waals surface area contributed by atoms with Crippen LogP contribution in [0.3, 0.4) is 0 Å². The van der Waals surface area contributed by atoms with E-state index in [0.717, 1.165) is 0 Å². The zero-order valence-electron chi connectivity index (χ0n) is 16.2. The highest BCUT2D eigenvalue weighted by molar-refractivity contribution is 5.08. The van der Waals surface area contributed by atoms with Crippen molar-refractivity contribution in [3.8, 4) is 0 Å². The van der Waals surface area contributed by atoms with E-state index in [0.29, 0.717) is 18.6 Å². The van der Waals surface area contributed by atoms with Gasteiger partial charge in [0.1, 0.15) is 0 Å². The quantitative estimate of drug-likeness (QED) is 0.788. The first kappa shape index (κ1) is 17.7. The molecule has 2 heterocycles. The Kier molecular flexibility index (Phi) is 4.16. The predicted octanol–water partition coefficient (Wildman–Crippen LogP) is 4.06. The van der Waals surface area contributed by atoms with Crippen molar-refractivity contribution >= 4 is 0 Å². The SMILES string of the molecule is CC1(C)COC2(N1)ON(C(C)(C)C)C(C1CCCCC1)C2(C)C. The minimum absolute atomic E-state index is 0.0410. The maximum Gasteiger partial charge on any atom is 0.252 e. The zero-order valence-corrected chi connectivity index (χ0v) is 16.2. The third-order valence-corrected chi connectivity index (χ3v) is 5.96. The van der Waals surface area contributed by atoms with Gasteiger partial charge in [0, 0.05) is 11.1 Å². The van der Waals surface area contributed by atoms with Gasteiger partial charge in [-0.2, -0.15) is 5.06 Å². The van der Waals surface area contributed by atoms with Gasteiger partial charge in [-0.3, -0.25) is 5.32 Å². The smallest absolute Gasteiger partial charge is 0.252 e. The van der Waals surface area contributed by atoms with Gasteiger partial charge in [-0.15, -0.1) is 0 Å². The van der Waals surface area contributed by atoms with Crippen molar-refractivity contribution in [3.63, 3.8) is 0 Å². The average Bonchev–Trinajstić information content (AvgIpc) is 2.86. The van der Waals surface area contributed by atoms with Crippen LogP contribution in [0.4, 0.5) is 0 Å². The normalized spacial score (nSPS) is 38.5. The maximum atomic E-state index is 6.59. The molecule has 0 amide bonds. The van der Waals surface area contributed by atoms with E-state index in [9.17, 15) is 0 Å². The van der Waals surface area contributed by atoms with Crippen molar-refractivity contribution in [1.29, 1.82) is 0 Å². The molecule has 4 nitrogen and oxygen atoms in total. The summed E-state index contributed by atoms with van der Waals surface area (Å²) in [6, 6.07) is 0.379. The first-order valence-electron chi connectivity index (χ1n) is 9.40. The van der Waals surface area contributed by atoms with Crippen LogP contribution < -0.4 is 5.32 Å². The van der Waals surface area contributed by atoms with Crippen LogP contribution in [0.2, 0.25) is 0 Å². The number of rotatable bonds is 1. The van der Waals surface area contributed by atoms with Crippen LogP contribution in [0, 0.1) is 11.3 Å². The lowest BCUT2D eigenvalue weighted by atomic mass is 9.70. The van der Waals surface area contributed by atoms with Gasteiger partial charge < -0.3 is 4.74 Å². The molecule has 2 saturated heterocycles. The van der Waals surface area contributed by atoms with Crippen LogP contribution in [-0.4, -0.2) is 34.7 Å². The summed E-state index contributed by atoms with van der Waals surface area (Å²) in [6.07, 6.45) is 6.70. The summed E-state index contributed by atoms with van der Waals surface area (Å²) in [6.45, 7) is 16.5. The van der Waals surface area contributed by atoms with E-state index in [1.54, 1.807) is 0 Å². The fraction of sp³-hybridized carbons (Fsp3) is 1.00. The second-order valence-electron chi connectivity index (χ2n) is 10.1. The highest BCUT2D eigenvalue weighted by Crippen LogP contribution is 2.55. The van der Waals surface area contributed by atoms with E-state index >= 15 is 0 Å². The van der Waals surface area contributed by atoms with Crippen LogP contribution in [0.1, 0.15) is 80.6 Å². The fourth-order valence-corrected chi connectivity index (χ4v) is 4.78. The van der Waals surface area contributed by atoms with Crippen molar-refractivity contribution < 1.29 is 9.57 Å². The molecule has 0 aromatic rings. The van der Waals surface area contributed by atoms with Gasteiger partial charge in [0.25, 0.3) is 5.91 Å². The standard InChI is InChI=1S/C19H36N2O2/c1-16(2,3)21-15(14-11-9-8-10-12-14)18(6,7)19(23-21)20-17(4,5)13-22-19/h14-15,20H,8-13H2,1-7H3. The number of ether oxygens (including phenoxy) is 1. The Labute approximate surface area is 142 Å². The Bertz CT molecular complexity index is 449. The molecular weight excluding hydrogens is 288 g/mol. The van der Waals surface area contributed by atoms with Crippen LogP contribution in [-0.2, 0) is 9.57 Å². The van der Waals surface area contributed by atoms with Gasteiger partial charge in [0.2, 0.25) is 0 Å². The van der Waals surface area contributed by atoms with Gasteiger partial charge >= 0.3 is 0 Å². The summed E-state index contributed by atoms with van der Waals surface area (Å²) in [4.78, 5) is 6.59. The Balaban J connectivity index is 1.97. The molecule has 0 bridgehead atoms. The third-order valence-electron chi connectivity index (χ3n) is 5.96. The molecule has 2 aliphatic heterocycles. The summed E-state index contributed by atoms with van der Waals surface area (Å²) in [7, 11) is 0. The molecule has 4 heteroatoms. The topological polar surface area (TPSA) is 33.7 Å². The lowest BCUT2D eigenvalue weighted by molar-refractivity contribution is -0.335. The van der Waals surface area contributed by atoms with E-state index in [4.69, 9.17) is 9.57 Å². The highest BCUT2D eigenvalue weighted by atomic mass is 16.8. The summed E-state index contributed by atoms with van der Waals surface area (Å²) in [5, 5.41) is 5.94. The first-order chi connectivity index (χ1) is 10.5. The molecule has 3 fully saturated rings. The van der Waals surface area contributed by atoms with Gasteiger partial charge in [0.15, 0.2) is 0 Å². The lowest BCUT2D eigenvalue weighted by Gasteiger charge is -2.43. The summed E-state index contributed by atoms with van der Waals surface area (Å²) in [5.41, 5.74) is -0.195. The molecule has 0 aromatic heterocycles. The van der Waals surface area contributed by atoms with E-state index in [1.165, 1.54) is 32.1 Å². The van der Waals surface area contributed by atoms with Gasteiger partial charge in [-0.1, -0.05) is 33.1 Å². The second kappa shape index (κ2) is 5.42. The van der Waals surface area contributed by atoms with Gasteiger partial charge in [-0.05, 0) is 53.4 Å². The van der Waals surface area contributed by atoms with Gasteiger partial charge in [-0.25, -0.2) is 4.84 Å². The summed E-state index contributed by atoms with van der Waals surface area (Å²) in [5.74, 6) is -0.0159. The number of nitrogens with one attached hydrogen (secondary N) is 1. The van der Waals surface area contributed by atoms with Crippen LogP contribution in [0.25, 0.3) is 0 Å². The minimum Gasteiger partial charge on any atom is -0.334 e. The molecule has 2 unspecified atom stereocenters. The van der Waals surface area contributed by atoms with Crippen molar-refractivity contribution in [2.24, 2.45) is 11.3 Å². The minimum atomic E-state index is -0.702. The van der Waals surface area contributed by atoms with Crippen LogP contribution in [0.15, 0.2) is 0 Å². The summed E-state index contributed by atoms with van der Waals surface area (Å²) < 4.78 is 6.30. The zero-order chi connectivity index (χ0) is 17.1. The molecule has 1 aliphatic carbocycles. The third kappa shape index (κ3) is 2.86. The molecule has 1 saturated carbocycles.